The summed E-state index contributed by atoms with van der Waals surface area (Å²) in [5.41, 5.74) is 3.84. The number of benzene rings is 2. The van der Waals surface area contributed by atoms with E-state index in [9.17, 15) is 9.59 Å². The molecule has 2 aromatic carbocycles. The number of hydrogen-bond donors (Lipinski definition) is 1. The quantitative estimate of drug-likeness (QED) is 0.732. The number of carboxylic acids is 1. The average Bonchev–Trinajstić information content (AvgIpc) is 2.95. The van der Waals surface area contributed by atoms with Crippen LogP contribution in [-0.4, -0.2) is 21.4 Å². The van der Waals surface area contributed by atoms with Crippen LogP contribution in [0.5, 0.6) is 0 Å². The van der Waals surface area contributed by atoms with E-state index in [2.05, 4.69) is 0 Å². The first-order valence-corrected chi connectivity index (χ1v) is 7.62. The predicted molar refractivity (Wildman–Crippen MR) is 92.1 cm³/mol. The SMILES string of the molecule is Cn1cc(C(=O)c2ccc(-c3ccccc3)cc2)cc1CC(=O)O. The summed E-state index contributed by atoms with van der Waals surface area (Å²) >= 11 is 0. The van der Waals surface area contributed by atoms with E-state index in [0.717, 1.165) is 11.1 Å². The molecule has 0 aliphatic carbocycles. The van der Waals surface area contributed by atoms with Crippen LogP contribution in [0, 0.1) is 0 Å². The van der Waals surface area contributed by atoms with Crippen molar-refractivity contribution in [1.82, 2.24) is 4.57 Å². The maximum absolute atomic E-state index is 12.6. The highest BCUT2D eigenvalue weighted by Crippen LogP contribution is 2.21. The van der Waals surface area contributed by atoms with Crippen LogP contribution < -0.4 is 0 Å². The van der Waals surface area contributed by atoms with Crippen molar-refractivity contribution in [1.29, 1.82) is 0 Å². The molecule has 0 radical (unpaired) electrons. The van der Waals surface area contributed by atoms with Gasteiger partial charge in [0.1, 0.15) is 0 Å². The fourth-order valence-electron chi connectivity index (χ4n) is 2.68. The molecule has 0 bridgehead atoms. The van der Waals surface area contributed by atoms with Crippen LogP contribution >= 0.6 is 0 Å². The van der Waals surface area contributed by atoms with Crippen molar-refractivity contribution in [2.45, 2.75) is 6.42 Å². The molecule has 0 unspecified atom stereocenters. The van der Waals surface area contributed by atoms with Crippen molar-refractivity contribution in [2.24, 2.45) is 7.05 Å². The summed E-state index contributed by atoms with van der Waals surface area (Å²) < 4.78 is 1.68. The highest BCUT2D eigenvalue weighted by Gasteiger charge is 2.14. The smallest absolute Gasteiger partial charge is 0.309 e. The molecule has 0 fully saturated rings. The fraction of sp³-hybridized carbons (Fsp3) is 0.100. The second-order valence-electron chi connectivity index (χ2n) is 5.67. The van der Waals surface area contributed by atoms with E-state index in [4.69, 9.17) is 5.11 Å². The number of hydrogen-bond acceptors (Lipinski definition) is 2. The lowest BCUT2D eigenvalue weighted by Crippen LogP contribution is -2.04. The Labute approximate surface area is 140 Å². The van der Waals surface area contributed by atoms with Gasteiger partial charge in [-0.3, -0.25) is 9.59 Å². The Hall–Kier alpha value is -3.14. The van der Waals surface area contributed by atoms with Gasteiger partial charge >= 0.3 is 5.97 Å². The van der Waals surface area contributed by atoms with Crippen molar-refractivity contribution < 1.29 is 14.7 Å². The number of rotatable bonds is 5. The Morgan fingerprint density at radius 1 is 0.917 bits per heavy atom. The van der Waals surface area contributed by atoms with Gasteiger partial charge in [-0.1, -0.05) is 54.6 Å². The third-order valence-electron chi connectivity index (χ3n) is 3.96. The molecule has 120 valence electrons. The fourth-order valence-corrected chi connectivity index (χ4v) is 2.68. The van der Waals surface area contributed by atoms with Gasteiger partial charge in [-0.2, -0.15) is 0 Å². The second kappa shape index (κ2) is 6.54. The number of aromatic nitrogens is 1. The van der Waals surface area contributed by atoms with Crippen molar-refractivity contribution in [3.05, 3.63) is 83.7 Å². The lowest BCUT2D eigenvalue weighted by atomic mass is 10.0. The molecule has 0 amide bonds. The number of nitrogens with zero attached hydrogens (tertiary/aromatic N) is 1. The highest BCUT2D eigenvalue weighted by atomic mass is 16.4. The van der Waals surface area contributed by atoms with Crippen LogP contribution in [0.25, 0.3) is 11.1 Å². The number of carbonyl (C=O) groups excluding carboxylic acids is 1. The summed E-state index contributed by atoms with van der Waals surface area (Å²) in [6.07, 6.45) is 1.57. The van der Waals surface area contributed by atoms with Crippen molar-refractivity contribution in [3.8, 4) is 11.1 Å². The lowest BCUT2D eigenvalue weighted by molar-refractivity contribution is -0.136. The van der Waals surface area contributed by atoms with Gasteiger partial charge in [-0.05, 0) is 17.2 Å². The molecule has 0 saturated carbocycles. The van der Waals surface area contributed by atoms with Gasteiger partial charge in [0.05, 0.1) is 6.42 Å². The maximum atomic E-state index is 12.6. The van der Waals surface area contributed by atoms with Crippen molar-refractivity contribution >= 4 is 11.8 Å². The maximum Gasteiger partial charge on any atom is 0.309 e. The van der Waals surface area contributed by atoms with Gasteiger partial charge in [0.2, 0.25) is 0 Å². The summed E-state index contributed by atoms with van der Waals surface area (Å²) in [6, 6.07) is 19.0. The van der Waals surface area contributed by atoms with Crippen molar-refractivity contribution in [2.75, 3.05) is 0 Å². The Bertz CT molecular complexity index is 877. The minimum absolute atomic E-state index is 0.100. The molecular formula is C20H17NO3. The van der Waals surface area contributed by atoms with E-state index >= 15 is 0 Å². The Balaban J connectivity index is 1.84. The molecule has 3 aromatic rings. The normalized spacial score (nSPS) is 10.5. The third kappa shape index (κ3) is 3.27. The van der Waals surface area contributed by atoms with Crippen LogP contribution in [0.4, 0.5) is 0 Å². The molecule has 1 aromatic heterocycles. The van der Waals surface area contributed by atoms with Crippen LogP contribution in [0.15, 0.2) is 66.9 Å². The van der Waals surface area contributed by atoms with Gasteiger partial charge in [0.25, 0.3) is 0 Å². The summed E-state index contributed by atoms with van der Waals surface area (Å²) in [5.74, 6) is -1.02. The second-order valence-corrected chi connectivity index (χ2v) is 5.67. The van der Waals surface area contributed by atoms with E-state index in [1.807, 2.05) is 42.5 Å². The summed E-state index contributed by atoms with van der Waals surface area (Å²) in [4.78, 5) is 23.4. The van der Waals surface area contributed by atoms with Crippen LogP contribution in [0.2, 0.25) is 0 Å². The van der Waals surface area contributed by atoms with E-state index in [1.54, 1.807) is 36.0 Å². The highest BCUT2D eigenvalue weighted by molar-refractivity contribution is 6.09. The van der Waals surface area contributed by atoms with E-state index in [0.29, 0.717) is 16.8 Å². The lowest BCUT2D eigenvalue weighted by Gasteiger charge is -2.03. The molecule has 4 heteroatoms. The Morgan fingerprint density at radius 3 is 2.17 bits per heavy atom. The minimum atomic E-state index is -0.914. The van der Waals surface area contributed by atoms with Gasteiger partial charge in [0.15, 0.2) is 5.78 Å². The number of ketones is 1. The Kier molecular flexibility index (Phi) is 4.29. The number of aliphatic carboxylic acids is 1. The summed E-state index contributed by atoms with van der Waals surface area (Å²) in [7, 11) is 1.74. The summed E-state index contributed by atoms with van der Waals surface area (Å²) in [5, 5.41) is 8.90. The molecule has 0 aliphatic heterocycles. The molecule has 0 saturated heterocycles. The van der Waals surface area contributed by atoms with Gasteiger partial charge in [0, 0.05) is 30.1 Å². The topological polar surface area (TPSA) is 59.3 Å². The molecule has 3 rings (SSSR count). The largest absolute Gasteiger partial charge is 0.481 e. The molecular weight excluding hydrogens is 302 g/mol. The van der Waals surface area contributed by atoms with Gasteiger partial charge in [-0.25, -0.2) is 0 Å². The van der Waals surface area contributed by atoms with Crippen LogP contribution in [-0.2, 0) is 18.3 Å². The Morgan fingerprint density at radius 2 is 1.54 bits per heavy atom. The zero-order valence-electron chi connectivity index (χ0n) is 13.3. The van der Waals surface area contributed by atoms with E-state index < -0.39 is 5.97 Å². The zero-order valence-corrected chi connectivity index (χ0v) is 13.3. The number of carboxylic acid groups (broad SMARTS) is 1. The first kappa shape index (κ1) is 15.7. The van der Waals surface area contributed by atoms with Crippen molar-refractivity contribution in [3.63, 3.8) is 0 Å². The molecule has 0 spiro atoms. The first-order chi connectivity index (χ1) is 11.5. The molecule has 24 heavy (non-hydrogen) atoms. The molecule has 0 atom stereocenters. The standard InChI is InChI=1S/C20H17NO3/c1-21-13-17(11-18(21)12-19(22)23)20(24)16-9-7-15(8-10-16)14-5-3-2-4-6-14/h2-11,13H,12H2,1H3,(H,22,23). The van der Waals surface area contributed by atoms with E-state index in [1.165, 1.54) is 0 Å². The minimum Gasteiger partial charge on any atom is -0.481 e. The first-order valence-electron chi connectivity index (χ1n) is 7.62. The number of aryl methyl sites for hydroxylation is 1. The molecule has 1 N–H and O–H groups in total. The number of carbonyl (C=O) groups is 2. The zero-order chi connectivity index (χ0) is 17.1. The van der Waals surface area contributed by atoms with Crippen LogP contribution in [0.3, 0.4) is 0 Å². The molecule has 4 nitrogen and oxygen atoms in total. The predicted octanol–water partition coefficient (Wildman–Crippen LogP) is 3.55. The summed E-state index contributed by atoms with van der Waals surface area (Å²) in [6.45, 7) is 0. The van der Waals surface area contributed by atoms with Crippen LogP contribution in [0.1, 0.15) is 21.6 Å². The van der Waals surface area contributed by atoms with Gasteiger partial charge < -0.3 is 9.67 Å². The molecule has 1 heterocycles. The van der Waals surface area contributed by atoms with E-state index in [-0.39, 0.29) is 12.2 Å². The monoisotopic (exact) mass is 319 g/mol. The third-order valence-corrected chi connectivity index (χ3v) is 3.96. The molecule has 0 aliphatic rings. The average molecular weight is 319 g/mol. The van der Waals surface area contributed by atoms with Gasteiger partial charge in [-0.15, -0.1) is 0 Å².